The van der Waals surface area contributed by atoms with Crippen molar-refractivity contribution in [2.45, 2.75) is 71.8 Å². The Labute approximate surface area is 161 Å². The van der Waals surface area contributed by atoms with Crippen molar-refractivity contribution in [2.75, 3.05) is 0 Å². The van der Waals surface area contributed by atoms with Gasteiger partial charge in [0, 0.05) is 23.8 Å². The van der Waals surface area contributed by atoms with E-state index in [1.807, 2.05) is 26.0 Å². The summed E-state index contributed by atoms with van der Waals surface area (Å²) in [7, 11) is 0. The molecule has 4 rings (SSSR count). The van der Waals surface area contributed by atoms with E-state index in [9.17, 15) is 4.79 Å². The van der Waals surface area contributed by atoms with E-state index in [-0.39, 0.29) is 11.5 Å². The van der Waals surface area contributed by atoms with Crippen molar-refractivity contribution in [2.24, 2.45) is 22.4 Å². The first-order valence-corrected chi connectivity index (χ1v) is 10.7. The molecule has 0 spiro atoms. The maximum absolute atomic E-state index is 12.6. The van der Waals surface area contributed by atoms with E-state index >= 15 is 0 Å². The normalized spacial score (nSPS) is 35.0. The number of nitrogens with two attached hydrogens (primary N) is 1. The molecule has 0 aromatic heterocycles. The molecule has 4 nitrogen and oxygen atoms in total. The SMILES string of the molecule is CC.CC1Oc2cc(OSN)ccc2C2CCC3(C)C(=O)CCCC3C12. The van der Waals surface area contributed by atoms with Crippen molar-refractivity contribution in [1.82, 2.24) is 0 Å². The fourth-order valence-corrected chi connectivity index (χ4v) is 5.70. The molecule has 3 aliphatic rings. The molecule has 5 heteroatoms. The summed E-state index contributed by atoms with van der Waals surface area (Å²) in [6, 6.07) is 6.04. The number of hydrogen-bond donors (Lipinski definition) is 1. The fraction of sp³-hybridized carbons (Fsp3) is 0.667. The fourth-order valence-electron chi connectivity index (χ4n) is 5.49. The van der Waals surface area contributed by atoms with Crippen LogP contribution in [0.25, 0.3) is 0 Å². The summed E-state index contributed by atoms with van der Waals surface area (Å²) in [5.41, 5.74) is 1.13. The molecule has 144 valence electrons. The van der Waals surface area contributed by atoms with Gasteiger partial charge in [0.15, 0.2) is 0 Å². The third-order valence-electron chi connectivity index (χ3n) is 6.66. The number of ether oxygens (including phenoxy) is 1. The summed E-state index contributed by atoms with van der Waals surface area (Å²) in [4.78, 5) is 12.6. The highest BCUT2D eigenvalue weighted by Gasteiger charge is 2.55. The van der Waals surface area contributed by atoms with Crippen LogP contribution in [-0.2, 0) is 4.79 Å². The van der Waals surface area contributed by atoms with Crippen molar-refractivity contribution in [3.05, 3.63) is 23.8 Å². The topological polar surface area (TPSA) is 61.6 Å². The first-order valence-electron chi connectivity index (χ1n) is 9.92. The molecule has 0 radical (unpaired) electrons. The monoisotopic (exact) mass is 377 g/mol. The second kappa shape index (κ2) is 7.81. The van der Waals surface area contributed by atoms with Gasteiger partial charge in [0.25, 0.3) is 0 Å². The van der Waals surface area contributed by atoms with Gasteiger partial charge < -0.3 is 8.92 Å². The van der Waals surface area contributed by atoms with E-state index in [0.29, 0.717) is 23.5 Å². The molecule has 0 saturated heterocycles. The minimum absolute atomic E-state index is 0.124. The Morgan fingerprint density at radius 1 is 1.31 bits per heavy atom. The summed E-state index contributed by atoms with van der Waals surface area (Å²) in [5.74, 6) is 3.46. The Hall–Kier alpha value is -1.20. The van der Waals surface area contributed by atoms with Gasteiger partial charge in [-0.2, -0.15) is 0 Å². The van der Waals surface area contributed by atoms with Crippen LogP contribution in [0, 0.1) is 17.3 Å². The van der Waals surface area contributed by atoms with Gasteiger partial charge in [-0.25, -0.2) is 5.14 Å². The van der Waals surface area contributed by atoms with Crippen LogP contribution in [0.15, 0.2) is 18.2 Å². The van der Waals surface area contributed by atoms with Gasteiger partial charge in [0.05, 0.1) is 6.10 Å². The maximum Gasteiger partial charge on any atom is 0.142 e. The molecule has 1 heterocycles. The van der Waals surface area contributed by atoms with E-state index in [0.717, 1.165) is 55.8 Å². The number of carbonyl (C=O) groups excluding carboxylic acids is 1. The van der Waals surface area contributed by atoms with Crippen molar-refractivity contribution in [3.63, 3.8) is 0 Å². The Morgan fingerprint density at radius 2 is 2.08 bits per heavy atom. The van der Waals surface area contributed by atoms with Crippen LogP contribution in [0.2, 0.25) is 0 Å². The number of Topliss-reactive ketones (excluding diaryl/α,β-unsaturated/α-hetero) is 1. The first kappa shape index (κ1) is 19.6. The van der Waals surface area contributed by atoms with E-state index in [1.54, 1.807) is 0 Å². The molecule has 26 heavy (non-hydrogen) atoms. The van der Waals surface area contributed by atoms with Gasteiger partial charge in [-0.1, -0.05) is 26.8 Å². The quantitative estimate of drug-likeness (QED) is 0.562. The Bertz CT molecular complexity index is 665. The summed E-state index contributed by atoms with van der Waals surface area (Å²) >= 11 is 0.850. The van der Waals surface area contributed by atoms with Crippen LogP contribution in [0.4, 0.5) is 0 Å². The second-order valence-corrected chi connectivity index (χ2v) is 8.12. The van der Waals surface area contributed by atoms with Crippen LogP contribution in [-0.4, -0.2) is 11.9 Å². The van der Waals surface area contributed by atoms with Gasteiger partial charge >= 0.3 is 0 Å². The molecule has 0 amide bonds. The molecule has 2 N–H and O–H groups in total. The van der Waals surface area contributed by atoms with Crippen molar-refractivity contribution >= 4 is 18.0 Å². The van der Waals surface area contributed by atoms with E-state index in [4.69, 9.17) is 14.1 Å². The van der Waals surface area contributed by atoms with Gasteiger partial charge in [-0.05, 0) is 56.1 Å². The van der Waals surface area contributed by atoms with Crippen molar-refractivity contribution in [1.29, 1.82) is 0 Å². The third-order valence-corrected chi connectivity index (χ3v) is 6.95. The highest BCUT2D eigenvalue weighted by atomic mass is 32.2. The van der Waals surface area contributed by atoms with Crippen LogP contribution < -0.4 is 14.1 Å². The van der Waals surface area contributed by atoms with Gasteiger partial charge in [-0.3, -0.25) is 4.79 Å². The average molecular weight is 378 g/mol. The van der Waals surface area contributed by atoms with Crippen LogP contribution >= 0.6 is 12.2 Å². The number of benzene rings is 1. The van der Waals surface area contributed by atoms with Crippen molar-refractivity contribution in [3.8, 4) is 11.5 Å². The predicted octanol–water partition coefficient (Wildman–Crippen LogP) is 5.26. The lowest BCUT2D eigenvalue weighted by molar-refractivity contribution is -0.143. The molecule has 2 saturated carbocycles. The number of carbonyl (C=O) groups is 1. The highest BCUT2D eigenvalue weighted by Crippen LogP contribution is 2.59. The largest absolute Gasteiger partial charge is 0.490 e. The van der Waals surface area contributed by atoms with Gasteiger partial charge in [-0.15, -0.1) is 0 Å². The summed E-state index contributed by atoms with van der Waals surface area (Å²) in [6.45, 7) is 8.36. The number of ketones is 1. The van der Waals surface area contributed by atoms with Crippen molar-refractivity contribution < 1.29 is 13.7 Å². The molecular weight excluding hydrogens is 346 g/mol. The number of rotatable bonds is 2. The molecule has 0 bridgehead atoms. The molecule has 1 aromatic rings. The van der Waals surface area contributed by atoms with E-state index in [2.05, 4.69) is 19.9 Å². The highest BCUT2D eigenvalue weighted by molar-refractivity contribution is 7.92. The average Bonchev–Trinajstić information content (AvgIpc) is 2.64. The molecule has 2 fully saturated rings. The lowest BCUT2D eigenvalue weighted by Gasteiger charge is -2.54. The molecule has 5 unspecified atom stereocenters. The summed E-state index contributed by atoms with van der Waals surface area (Å²) < 4.78 is 11.6. The minimum Gasteiger partial charge on any atom is -0.490 e. The number of hydrogen-bond acceptors (Lipinski definition) is 5. The lowest BCUT2D eigenvalue weighted by atomic mass is 9.51. The molecule has 5 atom stereocenters. The third kappa shape index (κ3) is 3.13. The maximum atomic E-state index is 12.6. The lowest BCUT2D eigenvalue weighted by Crippen LogP contribution is -2.53. The predicted molar refractivity (Wildman–Crippen MR) is 106 cm³/mol. The molecule has 1 aliphatic heterocycles. The van der Waals surface area contributed by atoms with Gasteiger partial charge in [0.1, 0.15) is 29.5 Å². The Morgan fingerprint density at radius 3 is 2.81 bits per heavy atom. The Balaban J connectivity index is 0.000000948. The smallest absolute Gasteiger partial charge is 0.142 e. The first-order chi connectivity index (χ1) is 12.5. The second-order valence-electron chi connectivity index (χ2n) is 7.76. The molecule has 1 aromatic carbocycles. The zero-order valence-electron chi connectivity index (χ0n) is 16.3. The van der Waals surface area contributed by atoms with E-state index in [1.165, 1.54) is 5.56 Å². The zero-order valence-corrected chi connectivity index (χ0v) is 17.1. The van der Waals surface area contributed by atoms with Crippen LogP contribution in [0.1, 0.15) is 71.3 Å². The standard InChI is InChI=1S/C19H25NO3S.C2H6/c1-11-18-14(8-9-19(2)15(18)4-3-5-17(19)21)13-7-6-12(23-24-20)10-16(13)22-11;1-2/h6-7,10-11,14-15,18H,3-5,8-9,20H2,1-2H3;1-2H3. The molecule has 2 aliphatic carbocycles. The van der Waals surface area contributed by atoms with E-state index < -0.39 is 0 Å². The summed E-state index contributed by atoms with van der Waals surface area (Å²) in [6.07, 6.45) is 5.13. The zero-order chi connectivity index (χ0) is 18.9. The molecular formula is C21H31NO3S. The number of fused-ring (bicyclic) bond motifs is 5. The summed E-state index contributed by atoms with van der Waals surface area (Å²) in [5, 5.41) is 5.39. The van der Waals surface area contributed by atoms with Gasteiger partial charge in [0.2, 0.25) is 0 Å². The minimum atomic E-state index is -0.145. The van der Waals surface area contributed by atoms with Crippen LogP contribution in [0.3, 0.4) is 0 Å². The van der Waals surface area contributed by atoms with Crippen LogP contribution in [0.5, 0.6) is 11.5 Å². The Kier molecular flexibility index (Phi) is 5.88.